The van der Waals surface area contributed by atoms with Gasteiger partial charge in [0, 0.05) is 36.3 Å². The second-order valence-corrected chi connectivity index (χ2v) is 9.38. The van der Waals surface area contributed by atoms with Crippen LogP contribution in [0.2, 0.25) is 0 Å². The molecular formula is C24H26F3N3O3. The summed E-state index contributed by atoms with van der Waals surface area (Å²) in [5, 5.41) is 5.20. The first-order chi connectivity index (χ1) is 15.4. The molecular weight excluding hydrogens is 435 g/mol. The van der Waals surface area contributed by atoms with Gasteiger partial charge in [-0.05, 0) is 69.4 Å². The average Bonchev–Trinajstić information content (AvgIpc) is 3.00. The number of amides is 2. The van der Waals surface area contributed by atoms with E-state index >= 15 is 0 Å². The molecule has 0 unspecified atom stereocenters. The van der Waals surface area contributed by atoms with Crippen LogP contribution in [0.15, 0.2) is 18.2 Å². The number of aryl methyl sites for hydroxylation is 1. The zero-order chi connectivity index (χ0) is 24.1. The van der Waals surface area contributed by atoms with Gasteiger partial charge in [-0.25, -0.2) is 13.2 Å². The fraction of sp³-hybridized carbons (Fsp3) is 0.458. The van der Waals surface area contributed by atoms with Crippen LogP contribution in [0.1, 0.15) is 70.3 Å². The highest BCUT2D eigenvalue weighted by molar-refractivity contribution is 6.43. The van der Waals surface area contributed by atoms with Crippen molar-refractivity contribution >= 4 is 23.3 Å². The maximum atomic E-state index is 13.6. The van der Waals surface area contributed by atoms with Gasteiger partial charge in [0.15, 0.2) is 0 Å². The van der Waals surface area contributed by atoms with Crippen LogP contribution in [0.25, 0.3) is 0 Å². The van der Waals surface area contributed by atoms with E-state index in [1.165, 1.54) is 25.1 Å². The number of hydrogen-bond donors (Lipinski definition) is 2. The highest BCUT2D eigenvalue weighted by Gasteiger charge is 2.55. The average molecular weight is 461 g/mol. The van der Waals surface area contributed by atoms with E-state index in [0.29, 0.717) is 41.0 Å². The topological polar surface area (TPSA) is 80.2 Å². The molecule has 1 saturated carbocycles. The third-order valence-electron chi connectivity index (χ3n) is 6.44. The molecule has 2 N–H and O–H groups in total. The van der Waals surface area contributed by atoms with Crippen LogP contribution in [0.4, 0.5) is 18.9 Å². The first-order valence-electron chi connectivity index (χ1n) is 10.9. The molecule has 4 rings (SSSR count). The van der Waals surface area contributed by atoms with Gasteiger partial charge in [0.05, 0.1) is 11.3 Å². The molecule has 1 aliphatic carbocycles. The molecule has 2 heterocycles. The molecule has 176 valence electrons. The minimum atomic E-state index is -2.85. The molecule has 0 saturated heterocycles. The summed E-state index contributed by atoms with van der Waals surface area (Å²) < 4.78 is 41.9. The Hall–Kier alpha value is -3.10. The summed E-state index contributed by atoms with van der Waals surface area (Å²) in [7, 11) is 0. The first kappa shape index (κ1) is 23.1. The third kappa shape index (κ3) is 4.28. The van der Waals surface area contributed by atoms with Crippen molar-refractivity contribution in [3.8, 4) is 0 Å². The Labute approximate surface area is 189 Å². The van der Waals surface area contributed by atoms with Crippen molar-refractivity contribution < 1.29 is 27.6 Å². The predicted octanol–water partition coefficient (Wildman–Crippen LogP) is 4.32. The Bertz CT molecular complexity index is 1160. The Morgan fingerprint density at radius 2 is 1.79 bits per heavy atom. The second kappa shape index (κ2) is 8.04. The lowest BCUT2D eigenvalue weighted by atomic mass is 9.75. The van der Waals surface area contributed by atoms with Gasteiger partial charge in [-0.3, -0.25) is 14.4 Å². The van der Waals surface area contributed by atoms with Crippen LogP contribution in [0, 0.1) is 19.7 Å². The van der Waals surface area contributed by atoms with Gasteiger partial charge in [0.1, 0.15) is 5.82 Å². The van der Waals surface area contributed by atoms with E-state index in [1.54, 1.807) is 18.4 Å². The number of nitrogens with zero attached hydrogens (tertiary/aromatic N) is 1. The Kier molecular flexibility index (Phi) is 5.62. The Morgan fingerprint density at radius 1 is 1.09 bits per heavy atom. The van der Waals surface area contributed by atoms with Crippen molar-refractivity contribution in [1.29, 1.82) is 0 Å². The second-order valence-electron chi connectivity index (χ2n) is 9.38. The summed E-state index contributed by atoms with van der Waals surface area (Å²) in [6.45, 7) is 5.16. The maximum Gasteiger partial charge on any atom is 0.294 e. The van der Waals surface area contributed by atoms with Gasteiger partial charge in [-0.2, -0.15) is 0 Å². The summed E-state index contributed by atoms with van der Waals surface area (Å²) in [6.07, 6.45) is 1.13. The van der Waals surface area contributed by atoms with E-state index < -0.39 is 41.9 Å². The van der Waals surface area contributed by atoms with Crippen molar-refractivity contribution in [3.63, 3.8) is 0 Å². The van der Waals surface area contributed by atoms with Crippen LogP contribution in [0.3, 0.4) is 0 Å². The summed E-state index contributed by atoms with van der Waals surface area (Å²) in [4.78, 5) is 38.9. The van der Waals surface area contributed by atoms with Crippen molar-refractivity contribution in [2.24, 2.45) is 0 Å². The molecule has 1 fully saturated rings. The van der Waals surface area contributed by atoms with Crippen LogP contribution >= 0.6 is 0 Å². The SMILES string of the molecule is Cc1cc(NC(=O)c2c(C)c(C(=O)C(=O)NC3(C)CC(F)(F)C3)n3c2CCCC3)ccc1F. The van der Waals surface area contributed by atoms with Gasteiger partial charge in [0.2, 0.25) is 0 Å². The highest BCUT2D eigenvalue weighted by atomic mass is 19.3. The number of fused-ring (bicyclic) bond motifs is 1. The van der Waals surface area contributed by atoms with Gasteiger partial charge in [-0.15, -0.1) is 0 Å². The molecule has 2 amide bonds. The number of hydrogen-bond acceptors (Lipinski definition) is 3. The zero-order valence-corrected chi connectivity index (χ0v) is 18.8. The lowest BCUT2D eigenvalue weighted by Gasteiger charge is -2.45. The van der Waals surface area contributed by atoms with E-state index in [4.69, 9.17) is 0 Å². The third-order valence-corrected chi connectivity index (χ3v) is 6.44. The smallest absolute Gasteiger partial charge is 0.294 e. The van der Waals surface area contributed by atoms with Gasteiger partial charge in [0.25, 0.3) is 23.5 Å². The molecule has 0 bridgehead atoms. The number of benzene rings is 1. The zero-order valence-electron chi connectivity index (χ0n) is 18.8. The summed E-state index contributed by atoms with van der Waals surface area (Å²) in [6, 6.07) is 4.23. The molecule has 2 aromatic rings. The van der Waals surface area contributed by atoms with Gasteiger partial charge < -0.3 is 15.2 Å². The summed E-state index contributed by atoms with van der Waals surface area (Å²) in [5.74, 6) is -5.48. The number of carbonyl (C=O) groups is 3. The van der Waals surface area contributed by atoms with Crippen LogP contribution < -0.4 is 10.6 Å². The van der Waals surface area contributed by atoms with E-state index in [0.717, 1.165) is 12.8 Å². The normalized spacial score (nSPS) is 18.1. The number of rotatable bonds is 5. The number of ketones is 1. The lowest BCUT2D eigenvalue weighted by molar-refractivity contribution is -0.140. The van der Waals surface area contributed by atoms with E-state index in [9.17, 15) is 27.6 Å². The Morgan fingerprint density at radius 3 is 2.42 bits per heavy atom. The van der Waals surface area contributed by atoms with Crippen molar-refractivity contribution in [2.75, 3.05) is 5.32 Å². The minimum absolute atomic E-state index is 0.109. The first-order valence-corrected chi connectivity index (χ1v) is 10.9. The number of anilines is 1. The van der Waals surface area contributed by atoms with Gasteiger partial charge in [-0.1, -0.05) is 0 Å². The number of carbonyl (C=O) groups excluding carboxylic acids is 3. The van der Waals surface area contributed by atoms with Crippen LogP contribution in [-0.2, 0) is 17.8 Å². The quantitative estimate of drug-likeness (QED) is 0.514. The molecule has 1 aromatic carbocycles. The van der Waals surface area contributed by atoms with E-state index in [2.05, 4.69) is 10.6 Å². The van der Waals surface area contributed by atoms with Gasteiger partial charge >= 0.3 is 0 Å². The minimum Gasteiger partial charge on any atom is -0.344 e. The van der Waals surface area contributed by atoms with Crippen LogP contribution in [0.5, 0.6) is 0 Å². The fourth-order valence-corrected chi connectivity index (χ4v) is 5.00. The monoisotopic (exact) mass is 461 g/mol. The highest BCUT2D eigenvalue weighted by Crippen LogP contribution is 2.45. The maximum absolute atomic E-state index is 13.6. The standard InChI is InChI=1S/C24H26F3N3O3/c1-13-10-15(7-8-16(13)25)28-21(32)18-14(2)19(30-9-5-4-6-17(18)30)20(31)22(33)29-23(3)11-24(26,27)12-23/h7-8,10H,4-6,9,11-12H2,1-3H3,(H,28,32)(H,29,33). The number of aromatic nitrogens is 1. The largest absolute Gasteiger partial charge is 0.344 e. The summed E-state index contributed by atoms with van der Waals surface area (Å²) in [5.41, 5.74) is 1.11. The lowest BCUT2D eigenvalue weighted by Crippen LogP contribution is -2.61. The molecule has 0 atom stereocenters. The molecule has 0 radical (unpaired) electrons. The molecule has 0 spiro atoms. The number of alkyl halides is 2. The number of halogens is 3. The molecule has 1 aliphatic heterocycles. The van der Waals surface area contributed by atoms with E-state index in [1.807, 2.05) is 0 Å². The molecule has 1 aromatic heterocycles. The molecule has 33 heavy (non-hydrogen) atoms. The predicted molar refractivity (Wildman–Crippen MR) is 116 cm³/mol. The summed E-state index contributed by atoms with van der Waals surface area (Å²) >= 11 is 0. The fourth-order valence-electron chi connectivity index (χ4n) is 5.00. The Balaban J connectivity index is 1.63. The van der Waals surface area contributed by atoms with Crippen molar-refractivity contribution in [2.45, 2.75) is 70.9 Å². The number of Topliss-reactive ketones (excluding diaryl/α,β-unsaturated/α-hetero) is 1. The van der Waals surface area contributed by atoms with Crippen molar-refractivity contribution in [1.82, 2.24) is 9.88 Å². The molecule has 6 nitrogen and oxygen atoms in total. The molecule has 2 aliphatic rings. The van der Waals surface area contributed by atoms with E-state index in [-0.39, 0.29) is 11.5 Å². The van der Waals surface area contributed by atoms with Crippen LogP contribution in [-0.4, -0.2) is 33.6 Å². The molecule has 9 heteroatoms. The number of nitrogens with one attached hydrogen (secondary N) is 2. The van der Waals surface area contributed by atoms with Crippen molar-refractivity contribution in [3.05, 3.63) is 52.1 Å².